The lowest BCUT2D eigenvalue weighted by molar-refractivity contribution is -0.918. The Morgan fingerprint density at radius 1 is 1.08 bits per heavy atom. The van der Waals surface area contributed by atoms with E-state index in [0.29, 0.717) is 0 Å². The highest BCUT2D eigenvalue weighted by Gasteiger charge is 2.23. The van der Waals surface area contributed by atoms with Crippen LogP contribution in [0.25, 0.3) is 0 Å². The highest BCUT2D eigenvalue weighted by molar-refractivity contribution is 5.81. The Morgan fingerprint density at radius 3 is 2.50 bits per heavy atom. The number of rotatable bonds is 7. The minimum atomic E-state index is 0.0346. The molecule has 1 saturated heterocycles. The van der Waals surface area contributed by atoms with Crippen molar-refractivity contribution < 1.29 is 14.4 Å². The average molecular weight is 354 g/mol. The maximum Gasteiger partial charge on any atom is 0.239 e. The van der Waals surface area contributed by atoms with Gasteiger partial charge in [0.05, 0.1) is 32.4 Å². The summed E-state index contributed by atoms with van der Waals surface area (Å²) in [4.78, 5) is 13.8. The topological polar surface area (TPSA) is 54.8 Å². The lowest BCUT2D eigenvalue weighted by atomic mass is 10.0. The van der Waals surface area contributed by atoms with E-state index in [1.54, 1.807) is 12.0 Å². The Balaban J connectivity index is 1.39. The second-order valence-electron chi connectivity index (χ2n) is 6.81. The zero-order chi connectivity index (χ0) is 18.2. The van der Waals surface area contributed by atoms with Crippen molar-refractivity contribution in [2.24, 2.45) is 0 Å². The average Bonchev–Trinajstić information content (AvgIpc) is 2.69. The van der Waals surface area contributed by atoms with Gasteiger partial charge in [-0.05, 0) is 12.1 Å². The predicted octanol–water partition coefficient (Wildman–Crippen LogP) is 1.47. The second-order valence-corrected chi connectivity index (χ2v) is 6.81. The summed E-state index contributed by atoms with van der Waals surface area (Å²) in [5.41, 5.74) is 2.22. The Hall–Kier alpha value is -2.53. The summed E-state index contributed by atoms with van der Waals surface area (Å²) in [6, 6.07) is 18.5. The SMILES string of the molecule is COc1ccccc1NCC(=O)NC1CC[NH+](Cc2ccccc2)CC1. The third-order valence-corrected chi connectivity index (χ3v) is 4.90. The van der Waals surface area contributed by atoms with Crippen LogP contribution < -0.4 is 20.3 Å². The molecule has 0 unspecified atom stereocenters. The molecule has 138 valence electrons. The lowest BCUT2D eigenvalue weighted by Crippen LogP contribution is -3.12. The number of methoxy groups -OCH3 is 1. The Bertz CT molecular complexity index is 697. The van der Waals surface area contributed by atoms with E-state index in [2.05, 4.69) is 41.0 Å². The smallest absolute Gasteiger partial charge is 0.239 e. The summed E-state index contributed by atoms with van der Waals surface area (Å²) in [5.74, 6) is 0.783. The van der Waals surface area contributed by atoms with Gasteiger partial charge in [0.1, 0.15) is 12.3 Å². The highest BCUT2D eigenvalue weighted by atomic mass is 16.5. The van der Waals surface area contributed by atoms with Gasteiger partial charge in [-0.15, -0.1) is 0 Å². The van der Waals surface area contributed by atoms with Gasteiger partial charge in [0, 0.05) is 24.4 Å². The normalized spacial score (nSPS) is 19.6. The Kier molecular flexibility index (Phi) is 6.50. The van der Waals surface area contributed by atoms with Crippen molar-refractivity contribution in [1.82, 2.24) is 5.32 Å². The molecule has 0 spiro atoms. The molecule has 1 amide bonds. The molecule has 0 bridgehead atoms. The fourth-order valence-electron chi connectivity index (χ4n) is 3.48. The molecule has 1 heterocycles. The van der Waals surface area contributed by atoms with Gasteiger partial charge in [-0.2, -0.15) is 0 Å². The van der Waals surface area contributed by atoms with Gasteiger partial charge in [0.15, 0.2) is 0 Å². The zero-order valence-electron chi connectivity index (χ0n) is 15.3. The number of benzene rings is 2. The van der Waals surface area contributed by atoms with Crippen molar-refractivity contribution in [3.05, 3.63) is 60.2 Å². The summed E-state index contributed by atoms with van der Waals surface area (Å²) in [6.45, 7) is 3.52. The van der Waals surface area contributed by atoms with Crippen LogP contribution >= 0.6 is 0 Å². The molecular weight excluding hydrogens is 326 g/mol. The van der Waals surface area contributed by atoms with Crippen molar-refractivity contribution in [2.75, 3.05) is 32.1 Å². The van der Waals surface area contributed by atoms with Crippen LogP contribution in [0, 0.1) is 0 Å². The summed E-state index contributed by atoms with van der Waals surface area (Å²) in [6.07, 6.45) is 2.06. The lowest BCUT2D eigenvalue weighted by Gasteiger charge is -2.30. The fraction of sp³-hybridized carbons (Fsp3) is 0.381. The number of carbonyl (C=O) groups excluding carboxylic acids is 1. The number of carbonyl (C=O) groups is 1. The van der Waals surface area contributed by atoms with E-state index in [0.717, 1.165) is 43.9 Å². The number of amides is 1. The van der Waals surface area contributed by atoms with Crippen molar-refractivity contribution in [3.63, 3.8) is 0 Å². The first-order valence-electron chi connectivity index (χ1n) is 9.28. The standard InChI is InChI=1S/C21H27N3O2/c1-26-20-10-6-5-9-19(20)22-15-21(25)23-18-11-13-24(14-12-18)16-17-7-3-2-4-8-17/h2-10,18,22H,11-16H2,1H3,(H,23,25)/p+1. The minimum Gasteiger partial charge on any atom is -0.495 e. The maximum absolute atomic E-state index is 12.2. The first-order chi connectivity index (χ1) is 12.7. The largest absolute Gasteiger partial charge is 0.495 e. The highest BCUT2D eigenvalue weighted by Crippen LogP contribution is 2.22. The van der Waals surface area contributed by atoms with Crippen molar-refractivity contribution in [1.29, 1.82) is 0 Å². The molecule has 0 saturated carbocycles. The third kappa shape index (κ3) is 5.23. The van der Waals surface area contributed by atoms with Gasteiger partial charge in [-0.25, -0.2) is 0 Å². The van der Waals surface area contributed by atoms with Crippen LogP contribution in [-0.2, 0) is 11.3 Å². The van der Waals surface area contributed by atoms with E-state index in [1.165, 1.54) is 5.56 Å². The van der Waals surface area contributed by atoms with Crippen molar-refractivity contribution >= 4 is 11.6 Å². The molecule has 2 aromatic carbocycles. The van der Waals surface area contributed by atoms with Crippen LogP contribution in [0.3, 0.4) is 0 Å². The van der Waals surface area contributed by atoms with Gasteiger partial charge < -0.3 is 20.3 Å². The molecule has 0 radical (unpaired) electrons. The first-order valence-corrected chi connectivity index (χ1v) is 9.28. The fourth-order valence-corrected chi connectivity index (χ4v) is 3.48. The van der Waals surface area contributed by atoms with Gasteiger partial charge in [-0.1, -0.05) is 42.5 Å². The molecule has 3 N–H and O–H groups in total. The van der Waals surface area contributed by atoms with E-state index in [4.69, 9.17) is 4.74 Å². The maximum atomic E-state index is 12.2. The van der Waals surface area contributed by atoms with Gasteiger partial charge in [-0.3, -0.25) is 4.79 Å². The molecule has 3 rings (SSSR count). The minimum absolute atomic E-state index is 0.0346. The van der Waals surface area contributed by atoms with Crippen LogP contribution in [0.15, 0.2) is 54.6 Å². The van der Waals surface area contributed by atoms with E-state index in [9.17, 15) is 4.79 Å². The van der Waals surface area contributed by atoms with Crippen molar-refractivity contribution in [2.45, 2.75) is 25.4 Å². The molecule has 2 aromatic rings. The van der Waals surface area contributed by atoms with Crippen LogP contribution in [-0.4, -0.2) is 38.7 Å². The number of hydrogen-bond donors (Lipinski definition) is 3. The Morgan fingerprint density at radius 2 is 1.77 bits per heavy atom. The first kappa shape index (κ1) is 18.3. The molecule has 1 aliphatic heterocycles. The van der Waals surface area contributed by atoms with Crippen LogP contribution in [0.1, 0.15) is 18.4 Å². The molecule has 5 nitrogen and oxygen atoms in total. The number of nitrogens with one attached hydrogen (secondary N) is 3. The molecule has 0 aliphatic carbocycles. The van der Waals surface area contributed by atoms with Gasteiger partial charge >= 0.3 is 0 Å². The number of para-hydroxylation sites is 2. The van der Waals surface area contributed by atoms with Crippen LogP contribution in [0.4, 0.5) is 5.69 Å². The van der Waals surface area contributed by atoms with Crippen LogP contribution in [0.2, 0.25) is 0 Å². The second kappa shape index (κ2) is 9.25. The van der Waals surface area contributed by atoms with E-state index in [-0.39, 0.29) is 18.5 Å². The number of hydrogen-bond acceptors (Lipinski definition) is 3. The number of ether oxygens (including phenoxy) is 1. The molecule has 1 aliphatic rings. The van der Waals surface area contributed by atoms with Crippen LogP contribution in [0.5, 0.6) is 5.75 Å². The monoisotopic (exact) mass is 354 g/mol. The molecule has 26 heavy (non-hydrogen) atoms. The quantitative estimate of drug-likeness (QED) is 0.706. The van der Waals surface area contributed by atoms with Crippen molar-refractivity contribution in [3.8, 4) is 5.75 Å². The zero-order valence-corrected chi connectivity index (χ0v) is 15.3. The molecule has 0 aromatic heterocycles. The van der Waals surface area contributed by atoms with Gasteiger partial charge in [0.25, 0.3) is 0 Å². The number of quaternary nitrogens is 1. The summed E-state index contributed by atoms with van der Waals surface area (Å²) in [5, 5.41) is 6.31. The number of piperidine rings is 1. The number of anilines is 1. The predicted molar refractivity (Wildman–Crippen MR) is 103 cm³/mol. The summed E-state index contributed by atoms with van der Waals surface area (Å²) in [7, 11) is 1.63. The number of likely N-dealkylation sites (tertiary alicyclic amines) is 1. The molecule has 0 atom stereocenters. The van der Waals surface area contributed by atoms with E-state index in [1.807, 2.05) is 24.3 Å². The Labute approximate surface area is 155 Å². The van der Waals surface area contributed by atoms with Gasteiger partial charge in [0.2, 0.25) is 5.91 Å². The summed E-state index contributed by atoms with van der Waals surface area (Å²) >= 11 is 0. The van der Waals surface area contributed by atoms with E-state index >= 15 is 0 Å². The summed E-state index contributed by atoms with van der Waals surface area (Å²) < 4.78 is 5.29. The molecular formula is C21H28N3O2+. The molecule has 5 heteroatoms. The third-order valence-electron chi connectivity index (χ3n) is 4.90. The van der Waals surface area contributed by atoms with E-state index < -0.39 is 0 Å². The molecule has 1 fully saturated rings.